The number of nitrogens with one attached hydrogen (secondary N) is 1. The van der Waals surface area contributed by atoms with Crippen LogP contribution in [0.1, 0.15) is 5.76 Å². The van der Waals surface area contributed by atoms with Gasteiger partial charge in [0.05, 0.1) is 28.8 Å². The Hall–Kier alpha value is -1.50. The smallest absolute Gasteiger partial charge is 0.230 e. The van der Waals surface area contributed by atoms with E-state index in [1.807, 2.05) is 24.3 Å². The molecule has 3 aromatic rings. The first kappa shape index (κ1) is 14.4. The molecule has 0 saturated carbocycles. The molecule has 2 heterocycles. The fraction of sp³-hybridized carbons (Fsp3) is 0.143. The van der Waals surface area contributed by atoms with Crippen molar-refractivity contribution >= 4 is 50.8 Å². The molecule has 0 aliphatic heterocycles. The van der Waals surface area contributed by atoms with Crippen LogP contribution >= 0.6 is 34.7 Å². The van der Waals surface area contributed by atoms with Crippen LogP contribution in [0.5, 0.6) is 0 Å². The van der Waals surface area contributed by atoms with Crippen molar-refractivity contribution in [1.82, 2.24) is 10.3 Å². The Morgan fingerprint density at radius 1 is 1.43 bits per heavy atom. The number of benzene rings is 1. The number of carbonyl (C=O) groups excluding carboxylic acids is 1. The van der Waals surface area contributed by atoms with Crippen LogP contribution in [-0.2, 0) is 11.3 Å². The lowest BCUT2D eigenvalue weighted by molar-refractivity contribution is -0.118. The highest BCUT2D eigenvalue weighted by molar-refractivity contribution is 8.01. The number of carbonyl (C=O) groups is 1. The van der Waals surface area contributed by atoms with Crippen molar-refractivity contribution in [3.05, 3.63) is 47.4 Å². The Labute approximate surface area is 134 Å². The largest absolute Gasteiger partial charge is 0.467 e. The van der Waals surface area contributed by atoms with Gasteiger partial charge in [-0.2, -0.15) is 0 Å². The number of nitrogens with zero attached hydrogens (tertiary/aromatic N) is 1. The third kappa shape index (κ3) is 3.78. The first-order valence-corrected chi connectivity index (χ1v) is 8.37. The quantitative estimate of drug-likeness (QED) is 0.716. The maximum absolute atomic E-state index is 11.8. The summed E-state index contributed by atoms with van der Waals surface area (Å²) in [6.45, 7) is 0.405. The molecule has 108 valence electrons. The Bertz CT molecular complexity index is 756. The van der Waals surface area contributed by atoms with Crippen molar-refractivity contribution in [2.45, 2.75) is 10.9 Å². The molecule has 0 bridgehead atoms. The number of hydrogen-bond acceptors (Lipinski definition) is 5. The minimum Gasteiger partial charge on any atom is -0.467 e. The lowest BCUT2D eigenvalue weighted by atomic mass is 10.3. The van der Waals surface area contributed by atoms with Crippen LogP contribution < -0.4 is 5.32 Å². The van der Waals surface area contributed by atoms with Gasteiger partial charge in [0.2, 0.25) is 5.91 Å². The second-order valence-electron chi connectivity index (χ2n) is 4.24. The summed E-state index contributed by atoms with van der Waals surface area (Å²) in [6, 6.07) is 9.23. The second kappa shape index (κ2) is 6.51. The SMILES string of the molecule is O=C(CSc1nc2cc(Cl)ccc2s1)NCc1ccco1. The van der Waals surface area contributed by atoms with Crippen LogP contribution in [-0.4, -0.2) is 16.6 Å². The van der Waals surface area contributed by atoms with E-state index in [2.05, 4.69) is 10.3 Å². The van der Waals surface area contributed by atoms with Gasteiger partial charge in [0.1, 0.15) is 5.76 Å². The van der Waals surface area contributed by atoms with Gasteiger partial charge in [0, 0.05) is 5.02 Å². The predicted octanol–water partition coefficient (Wildman–Crippen LogP) is 3.95. The normalized spacial score (nSPS) is 10.9. The zero-order valence-electron chi connectivity index (χ0n) is 10.8. The molecule has 2 aromatic heterocycles. The monoisotopic (exact) mass is 338 g/mol. The Balaban J connectivity index is 1.54. The van der Waals surface area contributed by atoms with Crippen LogP contribution in [0.25, 0.3) is 10.2 Å². The summed E-state index contributed by atoms with van der Waals surface area (Å²) in [6.07, 6.45) is 1.59. The van der Waals surface area contributed by atoms with Gasteiger partial charge in [-0.05, 0) is 30.3 Å². The van der Waals surface area contributed by atoms with Crippen LogP contribution in [0, 0.1) is 0 Å². The number of thioether (sulfide) groups is 1. The van der Waals surface area contributed by atoms with E-state index in [1.165, 1.54) is 11.8 Å². The molecule has 1 N–H and O–H groups in total. The lowest BCUT2D eigenvalue weighted by Gasteiger charge is -2.01. The third-order valence-electron chi connectivity index (χ3n) is 2.70. The standard InChI is InChI=1S/C14H11ClN2O2S2/c15-9-3-4-12-11(6-9)17-14(21-12)20-8-13(18)16-7-10-2-1-5-19-10/h1-6H,7-8H2,(H,16,18). The van der Waals surface area contributed by atoms with E-state index in [-0.39, 0.29) is 5.91 Å². The summed E-state index contributed by atoms with van der Waals surface area (Å²) < 4.78 is 7.08. The van der Waals surface area contributed by atoms with E-state index in [1.54, 1.807) is 23.7 Å². The molecular formula is C14H11ClN2O2S2. The van der Waals surface area contributed by atoms with E-state index >= 15 is 0 Å². The minimum absolute atomic E-state index is 0.0475. The molecular weight excluding hydrogens is 328 g/mol. The van der Waals surface area contributed by atoms with Gasteiger partial charge in [-0.1, -0.05) is 23.4 Å². The number of halogens is 1. The number of aromatic nitrogens is 1. The van der Waals surface area contributed by atoms with E-state index in [4.69, 9.17) is 16.0 Å². The molecule has 0 aliphatic carbocycles. The molecule has 0 unspecified atom stereocenters. The van der Waals surface area contributed by atoms with Crippen molar-refractivity contribution in [2.75, 3.05) is 5.75 Å². The van der Waals surface area contributed by atoms with E-state index in [9.17, 15) is 4.79 Å². The molecule has 7 heteroatoms. The zero-order valence-corrected chi connectivity index (χ0v) is 13.2. The summed E-state index contributed by atoms with van der Waals surface area (Å²) >= 11 is 8.91. The fourth-order valence-corrected chi connectivity index (χ4v) is 3.76. The Morgan fingerprint density at radius 2 is 2.33 bits per heavy atom. The third-order valence-corrected chi connectivity index (χ3v) is 5.11. The van der Waals surface area contributed by atoms with Crippen molar-refractivity contribution in [2.24, 2.45) is 0 Å². The van der Waals surface area contributed by atoms with Crippen molar-refractivity contribution in [3.63, 3.8) is 0 Å². The zero-order chi connectivity index (χ0) is 14.7. The average Bonchev–Trinajstić information content (AvgIpc) is 3.11. The van der Waals surface area contributed by atoms with Crippen LogP contribution in [0.15, 0.2) is 45.4 Å². The molecule has 3 rings (SSSR count). The van der Waals surface area contributed by atoms with Crippen molar-refractivity contribution < 1.29 is 9.21 Å². The molecule has 0 radical (unpaired) electrons. The molecule has 0 aliphatic rings. The fourth-order valence-electron chi connectivity index (χ4n) is 1.72. The number of thiazole rings is 1. The predicted molar refractivity (Wildman–Crippen MR) is 85.9 cm³/mol. The summed E-state index contributed by atoms with van der Waals surface area (Å²) in [7, 11) is 0. The number of amides is 1. The maximum atomic E-state index is 11.8. The molecule has 0 atom stereocenters. The summed E-state index contributed by atoms with van der Waals surface area (Å²) in [5, 5.41) is 3.47. The molecule has 4 nitrogen and oxygen atoms in total. The van der Waals surface area contributed by atoms with Crippen molar-refractivity contribution in [1.29, 1.82) is 0 Å². The van der Waals surface area contributed by atoms with Gasteiger partial charge < -0.3 is 9.73 Å². The summed E-state index contributed by atoms with van der Waals surface area (Å²) in [5.74, 6) is 1.02. The maximum Gasteiger partial charge on any atom is 0.230 e. The highest BCUT2D eigenvalue weighted by atomic mass is 35.5. The second-order valence-corrected chi connectivity index (χ2v) is 6.93. The average molecular weight is 339 g/mol. The van der Waals surface area contributed by atoms with Crippen LogP contribution in [0.2, 0.25) is 5.02 Å². The number of fused-ring (bicyclic) bond motifs is 1. The highest BCUT2D eigenvalue weighted by Crippen LogP contribution is 2.30. The first-order valence-electron chi connectivity index (χ1n) is 6.19. The van der Waals surface area contributed by atoms with E-state index in [0.29, 0.717) is 17.3 Å². The van der Waals surface area contributed by atoms with Gasteiger partial charge in [-0.3, -0.25) is 4.79 Å². The molecule has 0 spiro atoms. The Kier molecular flexibility index (Phi) is 4.48. The first-order chi connectivity index (χ1) is 10.2. The molecule has 1 amide bonds. The number of rotatable bonds is 5. The van der Waals surface area contributed by atoms with Gasteiger partial charge in [0.25, 0.3) is 0 Å². The molecule has 1 aromatic carbocycles. The summed E-state index contributed by atoms with van der Waals surface area (Å²) in [5.41, 5.74) is 0.867. The Morgan fingerprint density at radius 3 is 3.14 bits per heavy atom. The molecule has 21 heavy (non-hydrogen) atoms. The summed E-state index contributed by atoms with van der Waals surface area (Å²) in [4.78, 5) is 16.2. The topological polar surface area (TPSA) is 55.1 Å². The van der Waals surface area contributed by atoms with Gasteiger partial charge in [0.15, 0.2) is 4.34 Å². The molecule has 0 saturated heterocycles. The molecule has 0 fully saturated rings. The number of hydrogen-bond donors (Lipinski definition) is 1. The van der Waals surface area contributed by atoms with Gasteiger partial charge in [-0.15, -0.1) is 11.3 Å². The van der Waals surface area contributed by atoms with Crippen LogP contribution in [0.3, 0.4) is 0 Å². The van der Waals surface area contributed by atoms with Crippen LogP contribution in [0.4, 0.5) is 0 Å². The van der Waals surface area contributed by atoms with Gasteiger partial charge >= 0.3 is 0 Å². The van der Waals surface area contributed by atoms with E-state index in [0.717, 1.165) is 20.3 Å². The van der Waals surface area contributed by atoms with Crippen molar-refractivity contribution in [3.8, 4) is 0 Å². The number of furan rings is 1. The van der Waals surface area contributed by atoms with Gasteiger partial charge in [-0.25, -0.2) is 4.98 Å². The lowest BCUT2D eigenvalue weighted by Crippen LogP contribution is -2.24. The highest BCUT2D eigenvalue weighted by Gasteiger charge is 2.08. The van der Waals surface area contributed by atoms with E-state index < -0.39 is 0 Å². The minimum atomic E-state index is -0.0475.